The van der Waals surface area contributed by atoms with E-state index < -0.39 is 0 Å². The molecular formula is C19H24O6. The number of hydrogen-bond acceptors (Lipinski definition) is 6. The molecule has 2 aromatic carbocycles. The van der Waals surface area contributed by atoms with Crippen LogP contribution < -0.4 is 18.9 Å². The first-order chi connectivity index (χ1) is 11.9. The summed E-state index contributed by atoms with van der Waals surface area (Å²) in [6, 6.07) is 3.55. The molecule has 0 unspecified atom stereocenters. The third-order valence-electron chi connectivity index (χ3n) is 4.38. The summed E-state index contributed by atoms with van der Waals surface area (Å²) in [6.07, 6.45) is 0.525. The first kappa shape index (κ1) is 18.6. The molecular weight excluding hydrogens is 324 g/mol. The third kappa shape index (κ3) is 3.24. The number of rotatable bonds is 6. The number of ether oxygens (including phenoxy) is 4. The molecule has 0 aliphatic carbocycles. The Morgan fingerprint density at radius 1 is 0.680 bits per heavy atom. The Morgan fingerprint density at radius 2 is 1.04 bits per heavy atom. The van der Waals surface area contributed by atoms with Crippen molar-refractivity contribution in [3.05, 3.63) is 34.4 Å². The van der Waals surface area contributed by atoms with Gasteiger partial charge in [0.25, 0.3) is 0 Å². The van der Waals surface area contributed by atoms with E-state index in [2.05, 4.69) is 0 Å². The molecule has 0 aromatic heterocycles. The largest absolute Gasteiger partial charge is 0.502 e. The van der Waals surface area contributed by atoms with Gasteiger partial charge >= 0.3 is 0 Å². The van der Waals surface area contributed by atoms with Crippen molar-refractivity contribution in [2.75, 3.05) is 28.4 Å². The van der Waals surface area contributed by atoms with Crippen LogP contribution in [-0.2, 0) is 6.42 Å². The molecule has 6 nitrogen and oxygen atoms in total. The molecule has 0 aliphatic rings. The second-order valence-corrected chi connectivity index (χ2v) is 5.67. The highest BCUT2D eigenvalue weighted by Crippen LogP contribution is 2.44. The molecule has 2 aromatic rings. The summed E-state index contributed by atoms with van der Waals surface area (Å²) in [5.74, 6) is 1.39. The van der Waals surface area contributed by atoms with Gasteiger partial charge in [0.2, 0.25) is 11.5 Å². The summed E-state index contributed by atoms with van der Waals surface area (Å²) in [5, 5.41) is 20.4. The highest BCUT2D eigenvalue weighted by atomic mass is 16.5. The lowest BCUT2D eigenvalue weighted by atomic mass is 9.95. The van der Waals surface area contributed by atoms with E-state index in [1.165, 1.54) is 28.4 Å². The number of aromatic hydroxyl groups is 2. The lowest BCUT2D eigenvalue weighted by Crippen LogP contribution is -2.02. The van der Waals surface area contributed by atoms with Crippen LogP contribution in [0.4, 0.5) is 0 Å². The van der Waals surface area contributed by atoms with E-state index in [9.17, 15) is 10.2 Å². The maximum Gasteiger partial charge on any atom is 0.201 e. The molecule has 0 radical (unpaired) electrons. The van der Waals surface area contributed by atoms with E-state index in [1.54, 1.807) is 12.1 Å². The van der Waals surface area contributed by atoms with Crippen molar-refractivity contribution >= 4 is 0 Å². The van der Waals surface area contributed by atoms with Gasteiger partial charge in [-0.05, 0) is 54.7 Å². The average Bonchev–Trinajstić information content (AvgIpc) is 2.60. The predicted molar refractivity (Wildman–Crippen MR) is 94.7 cm³/mol. The van der Waals surface area contributed by atoms with E-state index in [0.717, 1.165) is 22.3 Å². The van der Waals surface area contributed by atoms with Crippen LogP contribution in [0, 0.1) is 13.8 Å². The second kappa shape index (κ2) is 7.42. The number of phenolic OH excluding ortho intramolecular Hbond substituents is 2. The molecule has 2 rings (SSSR count). The average molecular weight is 348 g/mol. The van der Waals surface area contributed by atoms with Crippen LogP contribution in [0.3, 0.4) is 0 Å². The fourth-order valence-corrected chi connectivity index (χ4v) is 2.92. The lowest BCUT2D eigenvalue weighted by molar-refractivity contribution is 0.336. The molecule has 0 bridgehead atoms. The summed E-state index contributed by atoms with van der Waals surface area (Å²) in [5.41, 5.74) is 3.46. The lowest BCUT2D eigenvalue weighted by Gasteiger charge is -2.18. The number of hydrogen-bond donors (Lipinski definition) is 2. The van der Waals surface area contributed by atoms with Crippen molar-refractivity contribution in [1.82, 2.24) is 0 Å². The van der Waals surface area contributed by atoms with Gasteiger partial charge in [-0.3, -0.25) is 0 Å². The summed E-state index contributed by atoms with van der Waals surface area (Å²) in [4.78, 5) is 0. The molecule has 0 atom stereocenters. The minimum atomic E-state index is -0.0242. The Bertz CT molecular complexity index is 717. The molecule has 0 spiro atoms. The molecule has 2 N–H and O–H groups in total. The van der Waals surface area contributed by atoms with E-state index in [1.807, 2.05) is 13.8 Å². The monoisotopic (exact) mass is 348 g/mol. The van der Waals surface area contributed by atoms with Crippen LogP contribution in [0.15, 0.2) is 12.1 Å². The Hall–Kier alpha value is -2.76. The highest BCUT2D eigenvalue weighted by Gasteiger charge is 2.20. The van der Waals surface area contributed by atoms with Crippen LogP contribution >= 0.6 is 0 Å². The Kier molecular flexibility index (Phi) is 5.51. The van der Waals surface area contributed by atoms with Gasteiger partial charge in [0.05, 0.1) is 28.4 Å². The molecule has 0 amide bonds. The second-order valence-electron chi connectivity index (χ2n) is 5.67. The molecule has 6 heteroatoms. The molecule has 0 saturated heterocycles. The van der Waals surface area contributed by atoms with Gasteiger partial charge in [0.15, 0.2) is 23.0 Å². The van der Waals surface area contributed by atoms with E-state index in [4.69, 9.17) is 18.9 Å². The summed E-state index contributed by atoms with van der Waals surface area (Å²) in [7, 11) is 5.99. The van der Waals surface area contributed by atoms with Gasteiger partial charge in [-0.2, -0.15) is 0 Å². The van der Waals surface area contributed by atoms with Gasteiger partial charge < -0.3 is 29.2 Å². The zero-order valence-corrected chi connectivity index (χ0v) is 15.4. The summed E-state index contributed by atoms with van der Waals surface area (Å²) >= 11 is 0. The van der Waals surface area contributed by atoms with Gasteiger partial charge in [0, 0.05) is 0 Å². The summed E-state index contributed by atoms with van der Waals surface area (Å²) < 4.78 is 21.1. The minimum absolute atomic E-state index is 0.0242. The van der Waals surface area contributed by atoms with Crippen molar-refractivity contribution in [3.63, 3.8) is 0 Å². The molecule has 136 valence electrons. The fourth-order valence-electron chi connectivity index (χ4n) is 2.92. The zero-order chi connectivity index (χ0) is 18.7. The first-order valence-electron chi connectivity index (χ1n) is 7.76. The van der Waals surface area contributed by atoms with Crippen LogP contribution in [0.25, 0.3) is 0 Å². The highest BCUT2D eigenvalue weighted by molar-refractivity contribution is 5.61. The van der Waals surface area contributed by atoms with Crippen molar-refractivity contribution in [2.24, 2.45) is 0 Å². The first-order valence-corrected chi connectivity index (χ1v) is 7.76. The molecule has 0 heterocycles. The van der Waals surface area contributed by atoms with Crippen LogP contribution in [0.5, 0.6) is 34.5 Å². The summed E-state index contributed by atoms with van der Waals surface area (Å²) in [6.45, 7) is 3.75. The molecule has 25 heavy (non-hydrogen) atoms. The maximum absolute atomic E-state index is 10.2. The predicted octanol–water partition coefficient (Wildman–Crippen LogP) is 3.34. The van der Waals surface area contributed by atoms with Crippen molar-refractivity contribution in [2.45, 2.75) is 20.3 Å². The Morgan fingerprint density at radius 3 is 1.32 bits per heavy atom. The number of methoxy groups -OCH3 is 4. The SMILES string of the molecule is COc1cc(Cc2cc(OC)c(O)c(OC)c2C)c(C)c(OC)c1O. The Labute approximate surface area is 147 Å². The third-order valence-corrected chi connectivity index (χ3v) is 4.38. The standard InChI is InChI=1S/C19H24O6/c1-10-12(8-14(22-3)16(20)18(10)24-5)7-13-9-15(23-4)17(21)19(25-6)11(13)2/h8-9,20-21H,7H2,1-6H3. The Balaban J connectivity index is 2.61. The fraction of sp³-hybridized carbons (Fsp3) is 0.368. The number of benzene rings is 2. The van der Waals surface area contributed by atoms with Gasteiger partial charge in [0.1, 0.15) is 0 Å². The number of phenols is 2. The van der Waals surface area contributed by atoms with Gasteiger partial charge in [-0.1, -0.05) is 0 Å². The van der Waals surface area contributed by atoms with Gasteiger partial charge in [-0.15, -0.1) is 0 Å². The molecule has 0 aliphatic heterocycles. The van der Waals surface area contributed by atoms with Crippen molar-refractivity contribution in [1.29, 1.82) is 0 Å². The normalized spacial score (nSPS) is 10.5. The van der Waals surface area contributed by atoms with Gasteiger partial charge in [-0.25, -0.2) is 0 Å². The van der Waals surface area contributed by atoms with E-state index >= 15 is 0 Å². The molecule has 0 fully saturated rings. The minimum Gasteiger partial charge on any atom is -0.502 e. The quantitative estimate of drug-likeness (QED) is 0.834. The van der Waals surface area contributed by atoms with Crippen molar-refractivity contribution < 1.29 is 29.2 Å². The van der Waals surface area contributed by atoms with E-state index in [0.29, 0.717) is 29.4 Å². The smallest absolute Gasteiger partial charge is 0.201 e. The topological polar surface area (TPSA) is 77.4 Å². The maximum atomic E-state index is 10.2. The van der Waals surface area contributed by atoms with Crippen LogP contribution in [0.1, 0.15) is 22.3 Å². The molecule has 0 saturated carbocycles. The van der Waals surface area contributed by atoms with E-state index in [-0.39, 0.29) is 11.5 Å². The van der Waals surface area contributed by atoms with Crippen LogP contribution in [-0.4, -0.2) is 38.7 Å². The van der Waals surface area contributed by atoms with Crippen molar-refractivity contribution in [3.8, 4) is 34.5 Å². The van der Waals surface area contributed by atoms with Crippen LogP contribution in [0.2, 0.25) is 0 Å². The zero-order valence-electron chi connectivity index (χ0n) is 15.4.